The van der Waals surface area contributed by atoms with Crippen LogP contribution in [0.2, 0.25) is 0 Å². The Morgan fingerprint density at radius 3 is 2.78 bits per heavy atom. The highest BCUT2D eigenvalue weighted by molar-refractivity contribution is 9.10. The zero-order valence-electron chi connectivity index (χ0n) is 11.0. The first-order valence-electron chi connectivity index (χ1n) is 6.19. The molecule has 0 spiro atoms. The fourth-order valence-electron chi connectivity index (χ4n) is 2.37. The summed E-state index contributed by atoms with van der Waals surface area (Å²) in [5.74, 6) is 0.892. The van der Waals surface area contributed by atoms with Crippen LogP contribution in [0.4, 0.5) is 0 Å². The summed E-state index contributed by atoms with van der Waals surface area (Å²) < 4.78 is 6.40. The van der Waals surface area contributed by atoms with Crippen LogP contribution in [0.1, 0.15) is 25.8 Å². The molecule has 4 heteroatoms. The first-order chi connectivity index (χ1) is 8.45. The monoisotopic (exact) mass is 313 g/mol. The molecule has 2 unspecified atom stereocenters. The Bertz CT molecular complexity index is 434. The van der Waals surface area contributed by atoms with Gasteiger partial charge in [-0.05, 0) is 24.6 Å². The van der Waals surface area contributed by atoms with Gasteiger partial charge in [0.25, 0.3) is 0 Å². The zero-order chi connectivity index (χ0) is 13.3. The molecule has 2 N–H and O–H groups in total. The quantitative estimate of drug-likeness (QED) is 0.898. The van der Waals surface area contributed by atoms with E-state index in [2.05, 4.69) is 41.2 Å². The molecule has 1 fully saturated rings. The van der Waals surface area contributed by atoms with E-state index in [0.29, 0.717) is 6.04 Å². The van der Waals surface area contributed by atoms with Crippen molar-refractivity contribution in [1.82, 2.24) is 5.32 Å². The van der Waals surface area contributed by atoms with E-state index in [9.17, 15) is 5.11 Å². The first-order valence-corrected chi connectivity index (χ1v) is 6.98. The van der Waals surface area contributed by atoms with E-state index in [0.717, 1.165) is 28.8 Å². The molecule has 0 aliphatic heterocycles. The van der Waals surface area contributed by atoms with Crippen LogP contribution < -0.4 is 10.1 Å². The summed E-state index contributed by atoms with van der Waals surface area (Å²) in [6, 6.07) is 6.35. The molecule has 0 aromatic heterocycles. The largest absolute Gasteiger partial charge is 0.496 e. The number of ether oxygens (including phenoxy) is 1. The van der Waals surface area contributed by atoms with Crippen molar-refractivity contribution in [2.75, 3.05) is 7.11 Å². The molecule has 1 aliphatic carbocycles. The van der Waals surface area contributed by atoms with Crippen molar-refractivity contribution in [2.24, 2.45) is 5.41 Å². The Kier molecular flexibility index (Phi) is 3.99. The van der Waals surface area contributed by atoms with E-state index in [-0.39, 0.29) is 11.5 Å². The van der Waals surface area contributed by atoms with E-state index in [4.69, 9.17) is 4.74 Å². The van der Waals surface area contributed by atoms with E-state index < -0.39 is 0 Å². The van der Waals surface area contributed by atoms with Gasteiger partial charge in [-0.3, -0.25) is 0 Å². The molecule has 18 heavy (non-hydrogen) atoms. The number of aliphatic hydroxyl groups is 1. The molecular weight excluding hydrogens is 294 g/mol. The molecule has 1 aromatic rings. The number of hydrogen-bond acceptors (Lipinski definition) is 3. The van der Waals surface area contributed by atoms with Gasteiger partial charge in [0.15, 0.2) is 0 Å². The normalized spacial score (nSPS) is 25.6. The lowest BCUT2D eigenvalue weighted by Crippen LogP contribution is -2.59. The highest BCUT2D eigenvalue weighted by Crippen LogP contribution is 2.40. The van der Waals surface area contributed by atoms with Crippen LogP contribution in [0, 0.1) is 5.41 Å². The lowest BCUT2D eigenvalue weighted by atomic mass is 9.64. The van der Waals surface area contributed by atoms with Crippen molar-refractivity contribution < 1.29 is 9.84 Å². The van der Waals surface area contributed by atoms with Gasteiger partial charge in [0.05, 0.1) is 13.2 Å². The smallest absolute Gasteiger partial charge is 0.123 e. The minimum Gasteiger partial charge on any atom is -0.496 e. The number of hydrogen-bond donors (Lipinski definition) is 2. The van der Waals surface area contributed by atoms with Gasteiger partial charge in [-0.15, -0.1) is 0 Å². The lowest BCUT2D eigenvalue weighted by Gasteiger charge is -2.49. The van der Waals surface area contributed by atoms with Crippen molar-refractivity contribution in [3.8, 4) is 5.75 Å². The van der Waals surface area contributed by atoms with Gasteiger partial charge >= 0.3 is 0 Å². The maximum absolute atomic E-state index is 9.72. The van der Waals surface area contributed by atoms with Crippen molar-refractivity contribution in [1.29, 1.82) is 0 Å². The fraction of sp³-hybridized carbons (Fsp3) is 0.571. The molecular formula is C14H20BrNO2. The second-order valence-corrected chi connectivity index (χ2v) is 6.38. The van der Waals surface area contributed by atoms with Crippen LogP contribution in [0.25, 0.3) is 0 Å². The van der Waals surface area contributed by atoms with Crippen molar-refractivity contribution in [3.05, 3.63) is 28.2 Å². The third-order valence-corrected chi connectivity index (χ3v) is 4.49. The van der Waals surface area contributed by atoms with Crippen LogP contribution in [0.15, 0.2) is 22.7 Å². The molecule has 0 bridgehead atoms. The number of methoxy groups -OCH3 is 1. The van der Waals surface area contributed by atoms with E-state index in [1.54, 1.807) is 7.11 Å². The predicted molar refractivity (Wildman–Crippen MR) is 75.7 cm³/mol. The van der Waals surface area contributed by atoms with Crippen LogP contribution in [-0.4, -0.2) is 24.4 Å². The van der Waals surface area contributed by atoms with Gasteiger partial charge < -0.3 is 15.2 Å². The summed E-state index contributed by atoms with van der Waals surface area (Å²) in [6.07, 6.45) is 0.628. The molecule has 1 aliphatic rings. The maximum atomic E-state index is 9.72. The Morgan fingerprint density at radius 2 is 2.22 bits per heavy atom. The molecule has 2 rings (SSSR count). The minimum atomic E-state index is -0.195. The average Bonchev–Trinajstić information content (AvgIpc) is 2.34. The summed E-state index contributed by atoms with van der Waals surface area (Å²) in [5.41, 5.74) is 1.09. The minimum absolute atomic E-state index is 0.0424. The van der Waals surface area contributed by atoms with Crippen molar-refractivity contribution in [3.63, 3.8) is 0 Å². The fourth-order valence-corrected chi connectivity index (χ4v) is 2.78. The molecule has 0 saturated heterocycles. The highest BCUT2D eigenvalue weighted by atomic mass is 79.9. The van der Waals surface area contributed by atoms with Gasteiger partial charge in [0, 0.05) is 28.0 Å². The van der Waals surface area contributed by atoms with E-state index >= 15 is 0 Å². The van der Waals surface area contributed by atoms with Crippen LogP contribution in [0.5, 0.6) is 5.75 Å². The van der Waals surface area contributed by atoms with Crippen LogP contribution >= 0.6 is 15.9 Å². The Morgan fingerprint density at radius 1 is 1.50 bits per heavy atom. The number of nitrogens with one attached hydrogen (secondary N) is 1. The zero-order valence-corrected chi connectivity index (χ0v) is 12.6. The molecule has 2 atom stereocenters. The molecule has 1 aromatic carbocycles. The molecule has 100 valence electrons. The first kappa shape index (κ1) is 13.8. The molecule has 3 nitrogen and oxygen atoms in total. The van der Waals surface area contributed by atoms with Crippen LogP contribution in [0.3, 0.4) is 0 Å². The van der Waals surface area contributed by atoms with E-state index in [1.165, 1.54) is 0 Å². The number of halogens is 1. The van der Waals surface area contributed by atoms with Gasteiger partial charge in [0.1, 0.15) is 5.75 Å². The van der Waals surface area contributed by atoms with Gasteiger partial charge in [-0.1, -0.05) is 29.8 Å². The maximum Gasteiger partial charge on any atom is 0.123 e. The third-order valence-electron chi connectivity index (χ3n) is 4.00. The second-order valence-electron chi connectivity index (χ2n) is 5.46. The highest BCUT2D eigenvalue weighted by Gasteiger charge is 2.46. The van der Waals surface area contributed by atoms with Gasteiger partial charge in [0.2, 0.25) is 0 Å². The van der Waals surface area contributed by atoms with Crippen LogP contribution in [-0.2, 0) is 6.54 Å². The topological polar surface area (TPSA) is 41.5 Å². The average molecular weight is 314 g/mol. The predicted octanol–water partition coefficient (Wildman–Crippen LogP) is 2.71. The van der Waals surface area contributed by atoms with Gasteiger partial charge in [-0.25, -0.2) is 0 Å². The molecule has 0 radical (unpaired) electrons. The van der Waals surface area contributed by atoms with Gasteiger partial charge in [-0.2, -0.15) is 0 Å². The lowest BCUT2D eigenvalue weighted by molar-refractivity contribution is -0.0730. The third kappa shape index (κ3) is 2.56. The number of benzene rings is 1. The van der Waals surface area contributed by atoms with E-state index in [1.807, 2.05) is 12.1 Å². The SMILES string of the molecule is COc1ccc(Br)cc1CNC1CC(O)C1(C)C. The second kappa shape index (κ2) is 5.19. The van der Waals surface area contributed by atoms with Crippen molar-refractivity contribution in [2.45, 2.75) is 39.0 Å². The Balaban J connectivity index is 2.01. The Labute approximate surface area is 117 Å². The summed E-state index contributed by atoms with van der Waals surface area (Å²) >= 11 is 3.47. The standard InChI is InChI=1S/C14H20BrNO2/c1-14(2)12(7-13(14)17)16-8-9-6-10(15)4-5-11(9)18-3/h4-6,12-13,16-17H,7-8H2,1-3H3. The summed E-state index contributed by atoms with van der Waals surface area (Å²) in [7, 11) is 1.68. The molecule has 0 heterocycles. The number of rotatable bonds is 4. The molecule has 1 saturated carbocycles. The Hall–Kier alpha value is -0.580. The van der Waals surface area contributed by atoms with Crippen molar-refractivity contribution >= 4 is 15.9 Å². The summed E-state index contributed by atoms with van der Waals surface area (Å²) in [5, 5.41) is 13.2. The number of aliphatic hydroxyl groups excluding tert-OH is 1. The summed E-state index contributed by atoms with van der Waals surface area (Å²) in [4.78, 5) is 0. The summed E-state index contributed by atoms with van der Waals surface area (Å²) in [6.45, 7) is 4.94. The molecule has 0 amide bonds.